The molecule has 3 aliphatic rings. The number of fused-ring (bicyclic) bond motifs is 2. The number of benzene rings is 1. The Kier molecular flexibility index (Phi) is 4.37. The van der Waals surface area contributed by atoms with Crippen LogP contribution in [0.2, 0.25) is 5.02 Å². The molecule has 6 nitrogen and oxygen atoms in total. The monoisotopic (exact) mass is 419 g/mol. The summed E-state index contributed by atoms with van der Waals surface area (Å²) in [4.78, 5) is 26.2. The predicted molar refractivity (Wildman–Crippen MR) is 109 cm³/mol. The summed E-state index contributed by atoms with van der Waals surface area (Å²) in [6.45, 7) is 1.34. The van der Waals surface area contributed by atoms with Gasteiger partial charge in [-0.1, -0.05) is 18.0 Å². The molecule has 29 heavy (non-hydrogen) atoms. The van der Waals surface area contributed by atoms with E-state index < -0.39 is 17.2 Å². The molecule has 1 aromatic heterocycles. The number of aromatic carboxylic acids is 1. The molecule has 5 rings (SSSR count). The molecule has 8 heteroatoms. The van der Waals surface area contributed by atoms with E-state index in [9.17, 15) is 14.7 Å². The number of rotatable bonds is 3. The summed E-state index contributed by atoms with van der Waals surface area (Å²) < 4.78 is 17.0. The van der Waals surface area contributed by atoms with Crippen molar-refractivity contribution in [1.82, 2.24) is 4.57 Å². The highest BCUT2D eigenvalue weighted by atomic mass is 35.5. The van der Waals surface area contributed by atoms with Gasteiger partial charge in [0.05, 0.1) is 21.6 Å². The fourth-order valence-electron chi connectivity index (χ4n) is 5.21. The van der Waals surface area contributed by atoms with Gasteiger partial charge in [-0.05, 0) is 43.6 Å². The third kappa shape index (κ3) is 2.94. The second-order valence-electron chi connectivity index (χ2n) is 8.66. The largest absolute Gasteiger partial charge is 0.477 e. The molecule has 1 saturated heterocycles. The highest BCUT2D eigenvalue weighted by Gasteiger charge is 2.40. The van der Waals surface area contributed by atoms with Crippen LogP contribution in [-0.4, -0.2) is 34.8 Å². The minimum absolute atomic E-state index is 0.0244. The van der Waals surface area contributed by atoms with Crippen LogP contribution in [-0.2, 0) is 0 Å². The molecule has 0 unspecified atom stereocenters. The van der Waals surface area contributed by atoms with Crippen molar-refractivity contribution in [2.45, 2.75) is 44.2 Å². The molecule has 3 atom stereocenters. The maximum atomic E-state index is 15.2. The van der Waals surface area contributed by atoms with Crippen LogP contribution in [0, 0.1) is 17.7 Å². The topological polar surface area (TPSA) is 88.6 Å². The van der Waals surface area contributed by atoms with Crippen LogP contribution in [0.1, 0.15) is 48.5 Å². The summed E-state index contributed by atoms with van der Waals surface area (Å²) in [6, 6.07) is 1.36. The summed E-state index contributed by atoms with van der Waals surface area (Å²) in [7, 11) is 0. The van der Waals surface area contributed by atoms with Gasteiger partial charge in [-0.25, -0.2) is 9.18 Å². The molecular weight excluding hydrogens is 397 g/mol. The average Bonchev–Trinajstić information content (AvgIpc) is 3.42. The van der Waals surface area contributed by atoms with E-state index in [0.717, 1.165) is 38.2 Å². The van der Waals surface area contributed by atoms with Crippen LogP contribution >= 0.6 is 11.6 Å². The Morgan fingerprint density at radius 1 is 1.24 bits per heavy atom. The Labute approximate surface area is 172 Å². The maximum Gasteiger partial charge on any atom is 0.341 e. The van der Waals surface area contributed by atoms with E-state index in [1.54, 1.807) is 4.57 Å². The summed E-state index contributed by atoms with van der Waals surface area (Å²) in [5, 5.41) is 9.61. The first-order chi connectivity index (χ1) is 13.9. The fourth-order valence-corrected chi connectivity index (χ4v) is 5.62. The number of hydrogen-bond acceptors (Lipinski definition) is 4. The molecule has 2 aliphatic carbocycles. The summed E-state index contributed by atoms with van der Waals surface area (Å²) in [5.74, 6) is -1.17. The number of hydrogen-bond donors (Lipinski definition) is 2. The van der Waals surface area contributed by atoms with Crippen molar-refractivity contribution in [3.8, 4) is 0 Å². The van der Waals surface area contributed by atoms with Gasteiger partial charge in [-0.3, -0.25) is 4.79 Å². The number of anilines is 1. The highest BCUT2D eigenvalue weighted by molar-refractivity contribution is 6.38. The molecule has 0 bridgehead atoms. The van der Waals surface area contributed by atoms with Crippen molar-refractivity contribution in [1.29, 1.82) is 0 Å². The Morgan fingerprint density at radius 2 is 2.00 bits per heavy atom. The second-order valence-corrected chi connectivity index (χ2v) is 9.03. The van der Waals surface area contributed by atoms with E-state index in [2.05, 4.69) is 0 Å². The van der Waals surface area contributed by atoms with Crippen LogP contribution < -0.4 is 16.1 Å². The van der Waals surface area contributed by atoms with E-state index in [4.69, 9.17) is 17.3 Å². The second kappa shape index (κ2) is 6.71. The molecule has 154 valence electrons. The Hall–Kier alpha value is -2.12. The molecule has 3 N–H and O–H groups in total. The van der Waals surface area contributed by atoms with Gasteiger partial charge in [0.25, 0.3) is 0 Å². The number of carbonyl (C=O) groups is 1. The first-order valence-electron chi connectivity index (χ1n) is 10.2. The van der Waals surface area contributed by atoms with Crippen molar-refractivity contribution in [3.05, 3.63) is 38.9 Å². The molecule has 2 heterocycles. The lowest BCUT2D eigenvalue weighted by atomic mass is 9.78. The lowest BCUT2D eigenvalue weighted by molar-refractivity contribution is 0.0695. The number of pyridine rings is 1. The SMILES string of the molecule is N[C@H]1CCC[C@H]2CN(c3c(F)cc4c(=O)c(C(=O)O)cn(C5CC5)c4c3Cl)C[C@H]21. The smallest absolute Gasteiger partial charge is 0.341 e. The Bertz CT molecular complexity index is 1080. The van der Waals surface area contributed by atoms with E-state index in [-0.39, 0.29) is 28.1 Å². The van der Waals surface area contributed by atoms with Gasteiger partial charge in [0, 0.05) is 31.4 Å². The Morgan fingerprint density at radius 3 is 2.66 bits per heavy atom. The molecule has 2 saturated carbocycles. The summed E-state index contributed by atoms with van der Waals surface area (Å²) in [6.07, 6.45) is 6.27. The zero-order chi connectivity index (χ0) is 20.4. The third-order valence-corrected chi connectivity index (χ3v) is 7.18. The normalized spacial score (nSPS) is 26.7. The van der Waals surface area contributed by atoms with Crippen LogP contribution in [0.3, 0.4) is 0 Å². The number of carboxylic acid groups (broad SMARTS) is 1. The Balaban J connectivity index is 1.68. The predicted octanol–water partition coefficient (Wildman–Crippen LogP) is 3.39. The van der Waals surface area contributed by atoms with Gasteiger partial charge in [0.2, 0.25) is 5.43 Å². The molecule has 0 radical (unpaired) electrons. The number of halogens is 2. The van der Waals surface area contributed by atoms with E-state index in [1.807, 2.05) is 4.90 Å². The standard InChI is InChI=1S/C21H23ClFN3O3/c22-17-18-12(20(27)14(21(28)29)9-26(18)11-4-5-11)6-15(23)19(17)25-7-10-2-1-3-16(24)13(10)8-25/h6,9-11,13,16H,1-5,7-8,24H2,(H,28,29)/t10-,13+,16-/m0/s1. The third-order valence-electron chi connectivity index (χ3n) is 6.82. The number of nitrogens with zero attached hydrogens (tertiary/aromatic N) is 2. The van der Waals surface area contributed by atoms with Crippen LogP contribution in [0.25, 0.3) is 10.9 Å². The molecule has 1 aromatic carbocycles. The molecular formula is C21H23ClFN3O3. The minimum Gasteiger partial charge on any atom is -0.477 e. The van der Waals surface area contributed by atoms with E-state index in [0.29, 0.717) is 36.1 Å². The van der Waals surface area contributed by atoms with Gasteiger partial charge in [0.15, 0.2) is 0 Å². The molecule has 3 fully saturated rings. The number of aromatic nitrogens is 1. The first kappa shape index (κ1) is 18.9. The van der Waals surface area contributed by atoms with Crippen LogP contribution in [0.4, 0.5) is 10.1 Å². The lowest BCUT2D eigenvalue weighted by Gasteiger charge is -2.29. The summed E-state index contributed by atoms with van der Waals surface area (Å²) in [5.41, 5.74) is 5.99. The summed E-state index contributed by atoms with van der Waals surface area (Å²) >= 11 is 6.72. The fraction of sp³-hybridized carbons (Fsp3) is 0.524. The van der Waals surface area contributed by atoms with Gasteiger partial charge < -0.3 is 20.3 Å². The van der Waals surface area contributed by atoms with Crippen molar-refractivity contribution in [3.63, 3.8) is 0 Å². The van der Waals surface area contributed by atoms with Crippen molar-refractivity contribution in [2.75, 3.05) is 18.0 Å². The first-order valence-corrected chi connectivity index (χ1v) is 10.5. The van der Waals surface area contributed by atoms with Crippen molar-refractivity contribution >= 4 is 34.2 Å². The number of nitrogens with two attached hydrogens (primary N) is 1. The van der Waals surface area contributed by atoms with Gasteiger partial charge in [-0.15, -0.1) is 0 Å². The van der Waals surface area contributed by atoms with Crippen molar-refractivity contribution in [2.24, 2.45) is 17.6 Å². The number of carboxylic acids is 1. The minimum atomic E-state index is -1.32. The van der Waals surface area contributed by atoms with Crippen LogP contribution in [0.5, 0.6) is 0 Å². The van der Waals surface area contributed by atoms with Crippen molar-refractivity contribution < 1.29 is 14.3 Å². The highest BCUT2D eigenvalue weighted by Crippen LogP contribution is 2.45. The van der Waals surface area contributed by atoms with E-state index in [1.165, 1.54) is 6.20 Å². The van der Waals surface area contributed by atoms with Crippen LogP contribution in [0.15, 0.2) is 17.1 Å². The molecule has 0 spiro atoms. The molecule has 2 aromatic rings. The molecule has 0 amide bonds. The van der Waals surface area contributed by atoms with Gasteiger partial charge in [0.1, 0.15) is 11.4 Å². The quantitative estimate of drug-likeness (QED) is 0.796. The zero-order valence-electron chi connectivity index (χ0n) is 15.9. The lowest BCUT2D eigenvalue weighted by Crippen LogP contribution is -2.38. The zero-order valence-corrected chi connectivity index (χ0v) is 16.7. The maximum absolute atomic E-state index is 15.2. The average molecular weight is 420 g/mol. The molecule has 1 aliphatic heterocycles. The van der Waals surface area contributed by atoms with Gasteiger partial charge >= 0.3 is 5.97 Å². The van der Waals surface area contributed by atoms with E-state index >= 15 is 4.39 Å². The van der Waals surface area contributed by atoms with Gasteiger partial charge in [-0.2, -0.15) is 0 Å².